The van der Waals surface area contributed by atoms with Gasteiger partial charge in [0.25, 0.3) is 0 Å². The first kappa shape index (κ1) is 17.8. The van der Waals surface area contributed by atoms with Gasteiger partial charge in [-0.15, -0.1) is 0 Å². The van der Waals surface area contributed by atoms with Crippen molar-refractivity contribution in [1.29, 1.82) is 0 Å². The number of aromatic hydroxyl groups is 1. The Morgan fingerprint density at radius 3 is 2.10 bits per heavy atom. The van der Waals surface area contributed by atoms with Gasteiger partial charge in [0.05, 0.1) is 6.10 Å². The number of nitrogens with zero attached hydrogens (tertiary/aromatic N) is 1. The molecule has 0 bridgehead atoms. The summed E-state index contributed by atoms with van der Waals surface area (Å²) in [6.07, 6.45) is -0.473. The molecule has 8 nitrogen and oxygen atoms in total. The third-order valence-corrected chi connectivity index (χ3v) is 2.92. The van der Waals surface area contributed by atoms with Crippen molar-refractivity contribution in [2.45, 2.75) is 6.10 Å². The number of benzene rings is 1. The van der Waals surface area contributed by atoms with Gasteiger partial charge < -0.3 is 15.5 Å². The summed E-state index contributed by atoms with van der Waals surface area (Å²) < 4.78 is 31.6. The van der Waals surface area contributed by atoms with E-state index in [1.165, 1.54) is 0 Å². The number of aliphatic hydroxyl groups excluding tert-OH is 1. The van der Waals surface area contributed by atoms with Crippen molar-refractivity contribution < 1.29 is 27.7 Å². The van der Waals surface area contributed by atoms with Gasteiger partial charge in [-0.25, -0.2) is 0 Å². The molecule has 0 spiro atoms. The fourth-order valence-corrected chi connectivity index (χ4v) is 1.94. The van der Waals surface area contributed by atoms with Crippen LogP contribution in [-0.2, 0) is 10.4 Å². The quantitative estimate of drug-likeness (QED) is 0.479. The molecule has 5 N–H and O–H groups in total. The first-order valence-corrected chi connectivity index (χ1v) is 7.75. The minimum absolute atomic E-state index is 0.234. The second-order valence-corrected chi connectivity index (χ2v) is 5.50. The van der Waals surface area contributed by atoms with E-state index in [-0.39, 0.29) is 5.75 Å². The van der Waals surface area contributed by atoms with E-state index in [2.05, 4.69) is 10.2 Å². The van der Waals surface area contributed by atoms with Crippen LogP contribution in [-0.4, -0.2) is 65.4 Å². The van der Waals surface area contributed by atoms with Crippen molar-refractivity contribution in [3.63, 3.8) is 0 Å². The Morgan fingerprint density at radius 2 is 1.62 bits per heavy atom. The average molecular weight is 320 g/mol. The van der Waals surface area contributed by atoms with Crippen LogP contribution >= 0.6 is 0 Å². The fourth-order valence-electron chi connectivity index (χ4n) is 1.94. The van der Waals surface area contributed by atoms with E-state index in [1.54, 1.807) is 24.3 Å². The van der Waals surface area contributed by atoms with Gasteiger partial charge in [-0.1, -0.05) is 12.1 Å². The zero-order valence-electron chi connectivity index (χ0n) is 11.4. The van der Waals surface area contributed by atoms with E-state index >= 15 is 0 Å². The lowest BCUT2D eigenvalue weighted by atomic mass is 10.1. The largest absolute Gasteiger partial charge is 0.508 e. The molecular weight excluding hydrogens is 300 g/mol. The molecule has 1 atom stereocenters. The van der Waals surface area contributed by atoms with E-state index in [0.29, 0.717) is 6.54 Å². The molecule has 0 aliphatic carbocycles. The summed E-state index contributed by atoms with van der Waals surface area (Å²) in [5.41, 5.74) is 0.858. The number of hydrogen-bond donors (Lipinski definition) is 5. The standard InChI is InChI=1S/C12H18N2O2.H2O4S/c15-11-3-1-10(2-4-11)12(16)9-14-7-5-13-6-8-14;1-5(2,3)4/h1-4,12-13,15-16H,5-9H2;(H2,1,2,3,4). The highest BCUT2D eigenvalue weighted by molar-refractivity contribution is 7.79. The lowest BCUT2D eigenvalue weighted by Gasteiger charge is -2.29. The third-order valence-electron chi connectivity index (χ3n) is 2.92. The molecule has 1 aliphatic rings. The topological polar surface area (TPSA) is 130 Å². The molecule has 21 heavy (non-hydrogen) atoms. The number of phenolic OH excluding ortho intramolecular Hbond substituents is 1. The Morgan fingerprint density at radius 1 is 1.14 bits per heavy atom. The van der Waals surface area contributed by atoms with Crippen LogP contribution < -0.4 is 5.32 Å². The van der Waals surface area contributed by atoms with E-state index in [9.17, 15) is 5.11 Å². The first-order valence-electron chi connectivity index (χ1n) is 6.35. The second kappa shape index (κ2) is 8.27. The zero-order chi connectivity index (χ0) is 15.9. The number of β-amino-alcohol motifs (C(OH)–C–C–N with tert-alkyl or cyclic N) is 1. The molecule has 1 aromatic carbocycles. The van der Waals surface area contributed by atoms with E-state index < -0.39 is 16.5 Å². The molecule has 1 heterocycles. The van der Waals surface area contributed by atoms with Gasteiger partial charge in [-0.2, -0.15) is 8.42 Å². The minimum Gasteiger partial charge on any atom is -0.508 e. The Hall–Kier alpha value is -1.23. The summed E-state index contributed by atoms with van der Waals surface area (Å²) in [7, 11) is -4.67. The maximum Gasteiger partial charge on any atom is 0.394 e. The van der Waals surface area contributed by atoms with Crippen LogP contribution in [0.1, 0.15) is 11.7 Å². The van der Waals surface area contributed by atoms with Crippen LogP contribution in [0, 0.1) is 0 Å². The van der Waals surface area contributed by atoms with E-state index in [0.717, 1.165) is 31.7 Å². The first-order chi connectivity index (χ1) is 9.75. The lowest BCUT2D eigenvalue weighted by molar-refractivity contribution is 0.105. The van der Waals surface area contributed by atoms with Crippen LogP contribution in [0.15, 0.2) is 24.3 Å². The highest BCUT2D eigenvalue weighted by Gasteiger charge is 2.15. The van der Waals surface area contributed by atoms with Crippen LogP contribution in [0.4, 0.5) is 0 Å². The van der Waals surface area contributed by atoms with Crippen LogP contribution in [0.25, 0.3) is 0 Å². The minimum atomic E-state index is -4.67. The Labute approximate surface area is 123 Å². The fraction of sp³-hybridized carbons (Fsp3) is 0.500. The average Bonchev–Trinajstić information content (AvgIpc) is 2.38. The number of phenols is 1. The smallest absolute Gasteiger partial charge is 0.394 e. The summed E-state index contributed by atoms with van der Waals surface area (Å²) in [5.74, 6) is 0.234. The number of nitrogens with one attached hydrogen (secondary N) is 1. The van der Waals surface area contributed by atoms with Gasteiger partial charge in [0.2, 0.25) is 0 Å². The molecule has 0 aromatic heterocycles. The van der Waals surface area contributed by atoms with Gasteiger partial charge in [-0.05, 0) is 17.7 Å². The van der Waals surface area contributed by atoms with Gasteiger partial charge in [0.1, 0.15) is 5.75 Å². The molecule has 120 valence electrons. The molecule has 0 radical (unpaired) electrons. The maximum absolute atomic E-state index is 10.0. The predicted octanol–water partition coefficient (Wildman–Crippen LogP) is -0.322. The van der Waals surface area contributed by atoms with Crippen molar-refractivity contribution in [1.82, 2.24) is 10.2 Å². The maximum atomic E-state index is 10.0. The van der Waals surface area contributed by atoms with Gasteiger partial charge in [0.15, 0.2) is 0 Å². The van der Waals surface area contributed by atoms with Crippen LogP contribution in [0.2, 0.25) is 0 Å². The highest BCUT2D eigenvalue weighted by atomic mass is 32.3. The molecule has 1 aliphatic heterocycles. The Bertz CT molecular complexity index is 505. The molecule has 1 fully saturated rings. The Balaban J connectivity index is 0.000000383. The number of aliphatic hydroxyl groups is 1. The van der Waals surface area contributed by atoms with E-state index in [1.807, 2.05) is 0 Å². The van der Waals surface area contributed by atoms with Crippen LogP contribution in [0.5, 0.6) is 5.75 Å². The summed E-state index contributed by atoms with van der Waals surface area (Å²) in [6.45, 7) is 4.60. The molecule has 1 saturated heterocycles. The second-order valence-electron chi connectivity index (χ2n) is 4.61. The summed E-state index contributed by atoms with van der Waals surface area (Å²) >= 11 is 0. The summed E-state index contributed by atoms with van der Waals surface area (Å²) in [6, 6.07) is 6.75. The molecule has 2 rings (SSSR count). The molecule has 0 saturated carbocycles. The third kappa shape index (κ3) is 8.60. The van der Waals surface area contributed by atoms with Crippen molar-refractivity contribution in [2.24, 2.45) is 0 Å². The van der Waals surface area contributed by atoms with Crippen LogP contribution in [0.3, 0.4) is 0 Å². The van der Waals surface area contributed by atoms with Crippen molar-refractivity contribution in [3.05, 3.63) is 29.8 Å². The van der Waals surface area contributed by atoms with E-state index in [4.69, 9.17) is 22.6 Å². The SMILES string of the molecule is O=S(=O)(O)O.Oc1ccc(C(O)CN2CCNCC2)cc1. The summed E-state index contributed by atoms with van der Waals surface area (Å²) in [4.78, 5) is 2.24. The summed E-state index contributed by atoms with van der Waals surface area (Å²) in [5, 5.41) is 22.5. The highest BCUT2D eigenvalue weighted by Crippen LogP contribution is 2.17. The predicted molar refractivity (Wildman–Crippen MR) is 76.6 cm³/mol. The van der Waals surface area contributed by atoms with Crippen molar-refractivity contribution in [2.75, 3.05) is 32.7 Å². The normalized spacial score (nSPS) is 17.7. The van der Waals surface area contributed by atoms with Gasteiger partial charge in [-0.3, -0.25) is 14.0 Å². The molecule has 1 aromatic rings. The molecule has 0 amide bonds. The van der Waals surface area contributed by atoms with Gasteiger partial charge in [0, 0.05) is 32.7 Å². The monoisotopic (exact) mass is 320 g/mol. The Kier molecular flexibility index (Phi) is 7.02. The number of hydrogen-bond acceptors (Lipinski definition) is 6. The van der Waals surface area contributed by atoms with Crippen molar-refractivity contribution in [3.8, 4) is 5.75 Å². The molecule has 1 unspecified atom stereocenters. The molecule has 9 heteroatoms. The van der Waals surface area contributed by atoms with Gasteiger partial charge >= 0.3 is 10.4 Å². The zero-order valence-corrected chi connectivity index (χ0v) is 12.2. The lowest BCUT2D eigenvalue weighted by Crippen LogP contribution is -2.44. The van der Waals surface area contributed by atoms with Crippen molar-refractivity contribution >= 4 is 10.4 Å². The number of piperazine rings is 1. The molecular formula is C12H20N2O6S. The number of rotatable bonds is 3.